The zero-order valence-electron chi connectivity index (χ0n) is 11.2. The van der Waals surface area contributed by atoms with Crippen LogP contribution in [0.1, 0.15) is 25.8 Å². The number of aliphatic hydroxyl groups is 2. The number of hydrogen-bond acceptors (Lipinski definition) is 4. The van der Waals surface area contributed by atoms with E-state index in [0.717, 1.165) is 5.35 Å². The third-order valence-corrected chi connectivity index (χ3v) is 3.35. The van der Waals surface area contributed by atoms with E-state index >= 15 is 0 Å². The molecule has 0 aliphatic heterocycles. The topological polar surface area (TPSA) is 67.5 Å². The summed E-state index contributed by atoms with van der Waals surface area (Å²) < 4.78 is 7.15. The van der Waals surface area contributed by atoms with Crippen molar-refractivity contribution in [3.63, 3.8) is 0 Å². The molecule has 0 saturated heterocycles. The van der Waals surface area contributed by atoms with Gasteiger partial charge in [0.15, 0.2) is 0 Å². The van der Waals surface area contributed by atoms with Crippen LogP contribution in [0.25, 0.3) is 12.7 Å². The van der Waals surface area contributed by atoms with Crippen LogP contribution in [0.2, 0.25) is 0 Å². The summed E-state index contributed by atoms with van der Waals surface area (Å²) in [6, 6.07) is 0.253. The summed E-state index contributed by atoms with van der Waals surface area (Å²) in [5.74, 6) is 0.449. The Hall–Kier alpha value is -1.59. The van der Waals surface area contributed by atoms with E-state index < -0.39 is 5.60 Å². The lowest BCUT2D eigenvalue weighted by atomic mass is 9.77. The molecule has 5 nitrogen and oxygen atoms in total. The Labute approximate surface area is 112 Å². The molecule has 0 bridgehead atoms. The molecular weight excluding hydrogens is 244 g/mol. The second-order valence-electron chi connectivity index (χ2n) is 5.23. The van der Waals surface area contributed by atoms with Crippen molar-refractivity contribution >= 4 is 12.7 Å². The van der Waals surface area contributed by atoms with Gasteiger partial charge in [-0.3, -0.25) is 0 Å². The van der Waals surface area contributed by atoms with Crippen molar-refractivity contribution in [2.45, 2.75) is 31.4 Å². The van der Waals surface area contributed by atoms with E-state index in [0.29, 0.717) is 23.9 Å². The number of imidazole rings is 1. The van der Waals surface area contributed by atoms with Gasteiger partial charge in [0.1, 0.15) is 12.4 Å². The number of allylic oxidation sites excluding steroid dienone is 1. The summed E-state index contributed by atoms with van der Waals surface area (Å²) in [5, 5.41) is 19.9. The van der Waals surface area contributed by atoms with Crippen molar-refractivity contribution in [1.82, 2.24) is 9.55 Å². The van der Waals surface area contributed by atoms with Gasteiger partial charge in [-0.05, 0) is 19.8 Å². The van der Waals surface area contributed by atoms with Crippen molar-refractivity contribution in [3.05, 3.63) is 29.4 Å². The van der Waals surface area contributed by atoms with Crippen LogP contribution >= 0.6 is 0 Å². The monoisotopic (exact) mass is 264 g/mol. The maximum Gasteiger partial charge on any atom is 0.114 e. The highest BCUT2D eigenvalue weighted by Crippen LogP contribution is 2.39. The van der Waals surface area contributed by atoms with Gasteiger partial charge in [-0.15, -0.1) is 0 Å². The van der Waals surface area contributed by atoms with Crippen LogP contribution in [-0.4, -0.2) is 38.6 Å². The van der Waals surface area contributed by atoms with E-state index in [2.05, 4.69) is 18.1 Å². The summed E-state index contributed by atoms with van der Waals surface area (Å²) in [6.45, 7) is 9.74. The van der Waals surface area contributed by atoms with Gasteiger partial charge in [0.2, 0.25) is 0 Å². The van der Waals surface area contributed by atoms with Crippen LogP contribution in [0.15, 0.2) is 18.7 Å². The first kappa shape index (κ1) is 13.8. The molecule has 1 saturated carbocycles. The Bertz CT molecular complexity index is 566. The first-order valence-corrected chi connectivity index (χ1v) is 6.31. The van der Waals surface area contributed by atoms with Crippen LogP contribution in [0.4, 0.5) is 0 Å². The molecule has 2 N–H and O–H groups in total. The number of aliphatic hydroxyl groups excluding tert-OH is 1. The highest BCUT2D eigenvalue weighted by Gasteiger charge is 2.39. The molecule has 0 amide bonds. The minimum Gasteiger partial charge on any atom is -0.492 e. The van der Waals surface area contributed by atoms with E-state index in [1.54, 1.807) is 12.4 Å². The lowest BCUT2D eigenvalue weighted by Crippen LogP contribution is -2.45. The fourth-order valence-electron chi connectivity index (χ4n) is 2.36. The van der Waals surface area contributed by atoms with Crippen molar-refractivity contribution in [2.24, 2.45) is 0 Å². The molecule has 0 spiro atoms. The molecule has 0 aromatic carbocycles. The highest BCUT2D eigenvalue weighted by molar-refractivity contribution is 5.38. The van der Waals surface area contributed by atoms with Crippen molar-refractivity contribution < 1.29 is 14.9 Å². The third kappa shape index (κ3) is 3.05. The van der Waals surface area contributed by atoms with Crippen LogP contribution in [0.5, 0.6) is 0 Å². The molecule has 5 heteroatoms. The SMILES string of the molecule is C=C(/C=c1/ncn([C@H]2C[C@@](C)(O)C2)c1=C)OCCO. The zero-order valence-corrected chi connectivity index (χ0v) is 11.2. The van der Waals surface area contributed by atoms with Gasteiger partial charge >= 0.3 is 0 Å². The second kappa shape index (κ2) is 5.19. The third-order valence-electron chi connectivity index (χ3n) is 3.35. The lowest BCUT2D eigenvalue weighted by molar-refractivity contribution is -0.0516. The number of ether oxygens (including phenoxy) is 1. The van der Waals surface area contributed by atoms with E-state index in [9.17, 15) is 5.11 Å². The molecule has 1 aliphatic rings. The predicted octanol–water partition coefficient (Wildman–Crippen LogP) is -0.318. The molecule has 0 atom stereocenters. The summed E-state index contributed by atoms with van der Waals surface area (Å²) >= 11 is 0. The Morgan fingerprint density at radius 1 is 1.68 bits per heavy atom. The lowest BCUT2D eigenvalue weighted by Gasteiger charge is -2.41. The average Bonchev–Trinajstić information content (AvgIpc) is 2.65. The molecule has 0 radical (unpaired) electrons. The van der Waals surface area contributed by atoms with Gasteiger partial charge in [-0.2, -0.15) is 0 Å². The molecule has 104 valence electrons. The van der Waals surface area contributed by atoms with Crippen LogP contribution in [0.3, 0.4) is 0 Å². The largest absolute Gasteiger partial charge is 0.492 e. The van der Waals surface area contributed by atoms with Gasteiger partial charge in [0.05, 0.1) is 29.2 Å². The molecule has 1 heterocycles. The number of nitrogens with zero attached hydrogens (tertiary/aromatic N) is 2. The molecule has 1 aliphatic carbocycles. The molecule has 1 aromatic rings. The maximum absolute atomic E-state index is 9.77. The first-order valence-electron chi connectivity index (χ1n) is 6.31. The van der Waals surface area contributed by atoms with E-state index in [1.807, 2.05) is 11.5 Å². The summed E-state index contributed by atoms with van der Waals surface area (Å²) in [4.78, 5) is 4.27. The van der Waals surface area contributed by atoms with Crippen molar-refractivity contribution in [3.8, 4) is 0 Å². The summed E-state index contributed by atoms with van der Waals surface area (Å²) in [5.41, 5.74) is -0.570. The molecule has 2 rings (SSSR count). The predicted molar refractivity (Wildman–Crippen MR) is 72.5 cm³/mol. The van der Waals surface area contributed by atoms with Crippen LogP contribution in [-0.2, 0) is 4.74 Å². The van der Waals surface area contributed by atoms with Crippen molar-refractivity contribution in [1.29, 1.82) is 0 Å². The van der Waals surface area contributed by atoms with Crippen LogP contribution < -0.4 is 10.7 Å². The van der Waals surface area contributed by atoms with Gasteiger partial charge in [0.25, 0.3) is 0 Å². The molecule has 1 fully saturated rings. The van der Waals surface area contributed by atoms with Gasteiger partial charge < -0.3 is 19.5 Å². The Morgan fingerprint density at radius 3 is 2.95 bits per heavy atom. The second-order valence-corrected chi connectivity index (χ2v) is 5.23. The first-order chi connectivity index (χ1) is 8.93. The maximum atomic E-state index is 9.77. The molecule has 0 unspecified atom stereocenters. The standard InChI is InChI=1S/C14H20N2O3/c1-10(19-5-4-17)6-13-11(2)16(9-15-13)12-7-14(3,18)8-12/h6,9,12,17-18H,1-2,4-5,7-8H2,3H3/b13-6+/t12-,14+. The van der Waals surface area contributed by atoms with E-state index in [1.165, 1.54) is 0 Å². The Morgan fingerprint density at radius 2 is 2.37 bits per heavy atom. The Kier molecular flexibility index (Phi) is 3.78. The normalized spacial score (nSPS) is 27.1. The summed E-state index contributed by atoms with van der Waals surface area (Å²) in [7, 11) is 0. The number of rotatable bonds is 5. The molecule has 19 heavy (non-hydrogen) atoms. The summed E-state index contributed by atoms with van der Waals surface area (Å²) in [6.07, 6.45) is 4.86. The minimum atomic E-state index is -0.570. The zero-order chi connectivity index (χ0) is 14.0. The van der Waals surface area contributed by atoms with Gasteiger partial charge in [0, 0.05) is 12.1 Å². The molecule has 1 aromatic heterocycles. The minimum absolute atomic E-state index is 0.0459. The van der Waals surface area contributed by atoms with Gasteiger partial charge in [-0.25, -0.2) is 4.98 Å². The van der Waals surface area contributed by atoms with Crippen LogP contribution in [0, 0.1) is 0 Å². The smallest absolute Gasteiger partial charge is 0.114 e. The highest BCUT2D eigenvalue weighted by atomic mass is 16.5. The van der Waals surface area contributed by atoms with E-state index in [-0.39, 0.29) is 19.3 Å². The number of hydrogen-bond donors (Lipinski definition) is 2. The quantitative estimate of drug-likeness (QED) is 0.715. The van der Waals surface area contributed by atoms with Crippen molar-refractivity contribution in [2.75, 3.05) is 13.2 Å². The number of aromatic nitrogens is 2. The van der Waals surface area contributed by atoms with Gasteiger partial charge in [-0.1, -0.05) is 13.2 Å². The fourth-order valence-corrected chi connectivity index (χ4v) is 2.36. The average molecular weight is 264 g/mol. The fraction of sp³-hybridized carbons (Fsp3) is 0.500. The Balaban J connectivity index is 2.13. The van der Waals surface area contributed by atoms with E-state index in [4.69, 9.17) is 9.84 Å². The molecular formula is C14H20N2O3.